The summed E-state index contributed by atoms with van der Waals surface area (Å²) in [7, 11) is 1.86. The Morgan fingerprint density at radius 3 is 2.73 bits per heavy atom. The molecule has 1 atom stereocenters. The molecule has 1 aromatic rings. The van der Waals surface area contributed by atoms with Crippen molar-refractivity contribution < 1.29 is 0 Å². The molecular weight excluding hydrogens is 324 g/mol. The topological polar surface area (TPSA) is 57.5 Å². The number of hydrogen-bond donors (Lipinski definition) is 2. The zero-order valence-corrected chi connectivity index (χ0v) is 16.8. The Kier molecular flexibility index (Phi) is 6.94. The molecule has 2 heterocycles. The summed E-state index contributed by atoms with van der Waals surface area (Å²) >= 11 is 0. The van der Waals surface area contributed by atoms with Crippen molar-refractivity contribution in [3.05, 3.63) is 17.5 Å². The van der Waals surface area contributed by atoms with Crippen LogP contribution < -0.4 is 10.6 Å². The summed E-state index contributed by atoms with van der Waals surface area (Å²) in [4.78, 5) is 7.01. The highest BCUT2D eigenvalue weighted by Crippen LogP contribution is 2.21. The van der Waals surface area contributed by atoms with Crippen LogP contribution in [0.4, 0.5) is 0 Å². The summed E-state index contributed by atoms with van der Waals surface area (Å²) < 4.78 is 2.10. The number of nitrogens with one attached hydrogen (secondary N) is 2. The van der Waals surface area contributed by atoms with E-state index >= 15 is 0 Å². The molecule has 6 heteroatoms. The van der Waals surface area contributed by atoms with Crippen molar-refractivity contribution in [1.29, 1.82) is 0 Å². The van der Waals surface area contributed by atoms with E-state index in [1.54, 1.807) is 0 Å². The van der Waals surface area contributed by atoms with Gasteiger partial charge in [0.2, 0.25) is 0 Å². The molecule has 0 amide bonds. The van der Waals surface area contributed by atoms with Crippen LogP contribution in [0, 0.1) is 0 Å². The molecule has 0 spiro atoms. The summed E-state index contributed by atoms with van der Waals surface area (Å²) in [5.41, 5.74) is 2.67. The minimum absolute atomic E-state index is 0.419. The van der Waals surface area contributed by atoms with Gasteiger partial charge in [-0.3, -0.25) is 9.67 Å². The van der Waals surface area contributed by atoms with Crippen LogP contribution in [0.2, 0.25) is 0 Å². The van der Waals surface area contributed by atoms with Crippen molar-refractivity contribution in [2.75, 3.05) is 33.2 Å². The molecule has 0 aromatic carbocycles. The highest BCUT2D eigenvalue weighted by atomic mass is 15.3. The zero-order chi connectivity index (χ0) is 18.4. The lowest BCUT2D eigenvalue weighted by atomic mass is 9.94. The van der Waals surface area contributed by atoms with E-state index in [2.05, 4.69) is 45.3 Å². The molecule has 1 fully saturated rings. The van der Waals surface area contributed by atoms with E-state index in [0.29, 0.717) is 12.1 Å². The van der Waals surface area contributed by atoms with Crippen molar-refractivity contribution in [2.24, 2.45) is 4.99 Å². The van der Waals surface area contributed by atoms with Gasteiger partial charge in [-0.1, -0.05) is 12.8 Å². The zero-order valence-electron chi connectivity index (χ0n) is 16.8. The highest BCUT2D eigenvalue weighted by molar-refractivity contribution is 5.80. The number of fused-ring (bicyclic) bond motifs is 1. The lowest BCUT2D eigenvalue weighted by Crippen LogP contribution is -2.47. The standard InChI is InChI=1S/C20H36N6/c1-16(2)26-15-17-8-9-18(14-19(17)24-26)23-20(21-3)22-10-13-25-11-6-4-5-7-12-25/h15-16,18H,4-14H2,1-3H3,(H2,21,22,23). The Bertz CT molecular complexity index is 583. The number of nitrogens with zero attached hydrogens (tertiary/aromatic N) is 4. The third-order valence-corrected chi connectivity index (χ3v) is 5.61. The maximum atomic E-state index is 4.78. The van der Waals surface area contributed by atoms with Crippen LogP contribution >= 0.6 is 0 Å². The summed E-state index contributed by atoms with van der Waals surface area (Å²) in [6.07, 6.45) is 10.9. The third-order valence-electron chi connectivity index (χ3n) is 5.61. The number of hydrogen-bond acceptors (Lipinski definition) is 3. The van der Waals surface area contributed by atoms with Crippen LogP contribution in [0.3, 0.4) is 0 Å². The molecule has 1 aromatic heterocycles. The second-order valence-corrected chi connectivity index (χ2v) is 8.01. The molecule has 2 N–H and O–H groups in total. The predicted octanol–water partition coefficient (Wildman–Crippen LogP) is 2.36. The van der Waals surface area contributed by atoms with Crippen LogP contribution in [0.15, 0.2) is 11.2 Å². The number of guanidine groups is 1. The van der Waals surface area contributed by atoms with Crippen molar-refractivity contribution in [3.8, 4) is 0 Å². The predicted molar refractivity (Wildman–Crippen MR) is 108 cm³/mol. The van der Waals surface area contributed by atoms with Crippen molar-refractivity contribution in [3.63, 3.8) is 0 Å². The van der Waals surface area contributed by atoms with Gasteiger partial charge in [0.1, 0.15) is 0 Å². The van der Waals surface area contributed by atoms with Gasteiger partial charge in [-0.2, -0.15) is 5.10 Å². The molecular formula is C20H36N6. The molecule has 0 saturated carbocycles. The van der Waals surface area contributed by atoms with Gasteiger partial charge in [-0.25, -0.2) is 0 Å². The third kappa shape index (κ3) is 5.22. The lowest BCUT2D eigenvalue weighted by Gasteiger charge is -2.25. The number of aromatic nitrogens is 2. The average molecular weight is 361 g/mol. The van der Waals surface area contributed by atoms with Crippen LogP contribution in [-0.2, 0) is 12.8 Å². The molecule has 1 aliphatic heterocycles. The van der Waals surface area contributed by atoms with Gasteiger partial charge >= 0.3 is 0 Å². The number of rotatable bonds is 5. The monoisotopic (exact) mass is 360 g/mol. The van der Waals surface area contributed by atoms with Gasteiger partial charge < -0.3 is 15.5 Å². The Morgan fingerprint density at radius 1 is 1.27 bits per heavy atom. The summed E-state index contributed by atoms with van der Waals surface area (Å²) in [6, 6.07) is 0.850. The molecule has 26 heavy (non-hydrogen) atoms. The van der Waals surface area contributed by atoms with Crippen molar-refractivity contribution >= 4 is 5.96 Å². The smallest absolute Gasteiger partial charge is 0.191 e. The van der Waals surface area contributed by atoms with Crippen LogP contribution in [0.5, 0.6) is 0 Å². The van der Waals surface area contributed by atoms with Gasteiger partial charge in [0, 0.05) is 44.8 Å². The van der Waals surface area contributed by atoms with E-state index in [9.17, 15) is 0 Å². The summed E-state index contributed by atoms with van der Waals surface area (Å²) in [5.74, 6) is 0.927. The normalized spacial score (nSPS) is 22.2. The highest BCUT2D eigenvalue weighted by Gasteiger charge is 2.23. The number of aliphatic imine (C=N–C) groups is 1. The van der Waals surface area contributed by atoms with E-state index in [4.69, 9.17) is 5.10 Å². The maximum Gasteiger partial charge on any atom is 0.191 e. The molecule has 1 aliphatic carbocycles. The van der Waals surface area contributed by atoms with Gasteiger partial charge in [-0.05, 0) is 58.2 Å². The molecule has 6 nitrogen and oxygen atoms in total. The number of aryl methyl sites for hydroxylation is 1. The fourth-order valence-corrected chi connectivity index (χ4v) is 3.98. The first-order valence-electron chi connectivity index (χ1n) is 10.4. The Hall–Kier alpha value is -1.56. The molecule has 0 radical (unpaired) electrons. The minimum atomic E-state index is 0.419. The van der Waals surface area contributed by atoms with Gasteiger partial charge in [0.05, 0.1) is 5.69 Å². The van der Waals surface area contributed by atoms with E-state index in [1.165, 1.54) is 50.0 Å². The van der Waals surface area contributed by atoms with E-state index in [-0.39, 0.29) is 0 Å². The molecule has 0 bridgehead atoms. The first-order valence-corrected chi connectivity index (χ1v) is 10.4. The number of likely N-dealkylation sites (tertiary alicyclic amines) is 1. The first-order chi connectivity index (χ1) is 12.7. The van der Waals surface area contributed by atoms with Crippen LogP contribution in [0.25, 0.3) is 0 Å². The van der Waals surface area contributed by atoms with E-state index in [0.717, 1.165) is 38.3 Å². The summed E-state index contributed by atoms with van der Waals surface area (Å²) in [6.45, 7) is 8.93. The molecule has 3 rings (SSSR count). The minimum Gasteiger partial charge on any atom is -0.355 e. The van der Waals surface area contributed by atoms with Crippen LogP contribution in [0.1, 0.15) is 63.3 Å². The maximum absolute atomic E-state index is 4.78. The fourth-order valence-electron chi connectivity index (χ4n) is 3.98. The summed E-state index contributed by atoms with van der Waals surface area (Å²) in [5, 5.41) is 11.9. The first kappa shape index (κ1) is 19.2. The Morgan fingerprint density at radius 2 is 2.04 bits per heavy atom. The van der Waals surface area contributed by atoms with Crippen molar-refractivity contribution in [1.82, 2.24) is 25.3 Å². The van der Waals surface area contributed by atoms with Gasteiger partial charge in [0.15, 0.2) is 5.96 Å². The van der Waals surface area contributed by atoms with Crippen molar-refractivity contribution in [2.45, 2.75) is 70.9 Å². The van der Waals surface area contributed by atoms with Crippen LogP contribution in [-0.4, -0.2) is 59.9 Å². The fraction of sp³-hybridized carbons (Fsp3) is 0.800. The largest absolute Gasteiger partial charge is 0.355 e. The Balaban J connectivity index is 1.44. The van der Waals surface area contributed by atoms with E-state index in [1.807, 2.05) is 7.05 Å². The lowest BCUT2D eigenvalue weighted by molar-refractivity contribution is 0.289. The van der Waals surface area contributed by atoms with Gasteiger partial charge in [-0.15, -0.1) is 0 Å². The van der Waals surface area contributed by atoms with E-state index < -0.39 is 0 Å². The average Bonchev–Trinajstić information content (AvgIpc) is 2.89. The Labute approximate surface area is 158 Å². The molecule has 1 unspecified atom stereocenters. The second kappa shape index (κ2) is 9.40. The quantitative estimate of drug-likeness (QED) is 0.625. The second-order valence-electron chi connectivity index (χ2n) is 8.01. The SMILES string of the molecule is CN=C(NCCN1CCCCCC1)NC1CCc2cn(C(C)C)nc2C1. The van der Waals surface area contributed by atoms with Gasteiger partial charge in [0.25, 0.3) is 0 Å². The molecule has 1 saturated heterocycles. The molecule has 146 valence electrons. The molecule has 2 aliphatic rings.